The Morgan fingerprint density at radius 2 is 1.84 bits per heavy atom. The molecule has 3 heterocycles. The maximum atomic E-state index is 12.4. The van der Waals surface area contributed by atoms with Crippen LogP contribution in [0.1, 0.15) is 0 Å². The van der Waals surface area contributed by atoms with Crippen LogP contribution in [0.4, 0.5) is 5.69 Å². The largest absolute Gasteiger partial charge is 0.306 e. The number of imidazole rings is 1. The molecule has 1 aromatic carbocycles. The van der Waals surface area contributed by atoms with Crippen molar-refractivity contribution in [2.75, 3.05) is 4.72 Å². The van der Waals surface area contributed by atoms with E-state index in [4.69, 9.17) is 0 Å². The van der Waals surface area contributed by atoms with Gasteiger partial charge in [-0.25, -0.2) is 13.4 Å². The molecule has 0 bridgehead atoms. The standard InChI is InChI=1S/C17H12BrN3O2S2/c18-15-8-9-17(24-15)25(22,23)20-13-6-4-12(5-7-13)14-11-21-10-2-1-3-16(21)19-14/h1-11,20H. The molecule has 0 aliphatic carbocycles. The van der Waals surface area contributed by atoms with Crippen LogP contribution in [-0.4, -0.2) is 17.8 Å². The Morgan fingerprint density at radius 3 is 2.52 bits per heavy atom. The van der Waals surface area contributed by atoms with Crippen LogP contribution in [0.25, 0.3) is 16.9 Å². The first kappa shape index (κ1) is 16.3. The summed E-state index contributed by atoms with van der Waals surface area (Å²) in [6, 6.07) is 16.3. The van der Waals surface area contributed by atoms with Gasteiger partial charge in [-0.2, -0.15) is 0 Å². The molecule has 3 aromatic heterocycles. The first-order valence-electron chi connectivity index (χ1n) is 7.34. The number of pyridine rings is 1. The molecule has 0 aliphatic heterocycles. The fourth-order valence-electron chi connectivity index (χ4n) is 2.43. The molecule has 0 spiro atoms. The summed E-state index contributed by atoms with van der Waals surface area (Å²) < 4.78 is 30.3. The van der Waals surface area contributed by atoms with Crippen LogP contribution in [0.5, 0.6) is 0 Å². The molecular weight excluding hydrogens is 422 g/mol. The Kier molecular flexibility index (Phi) is 4.10. The Labute approximate surface area is 157 Å². The highest BCUT2D eigenvalue weighted by Crippen LogP contribution is 2.28. The number of nitrogens with zero attached hydrogens (tertiary/aromatic N) is 2. The summed E-state index contributed by atoms with van der Waals surface area (Å²) in [6.45, 7) is 0. The number of fused-ring (bicyclic) bond motifs is 1. The average molecular weight is 434 g/mol. The summed E-state index contributed by atoms with van der Waals surface area (Å²) >= 11 is 4.45. The van der Waals surface area contributed by atoms with Crippen molar-refractivity contribution < 1.29 is 8.42 Å². The van der Waals surface area contributed by atoms with Crippen molar-refractivity contribution in [3.05, 3.63) is 70.8 Å². The second-order valence-corrected chi connectivity index (χ2v) is 9.71. The van der Waals surface area contributed by atoms with Crippen molar-refractivity contribution in [3.63, 3.8) is 0 Å². The Hall–Kier alpha value is -2.16. The fourth-order valence-corrected chi connectivity index (χ4v) is 5.50. The predicted octanol–water partition coefficient (Wildman–Crippen LogP) is 4.63. The number of hydrogen-bond donors (Lipinski definition) is 1. The van der Waals surface area contributed by atoms with E-state index in [2.05, 4.69) is 25.6 Å². The van der Waals surface area contributed by atoms with Crippen LogP contribution in [0.2, 0.25) is 0 Å². The van der Waals surface area contributed by atoms with Gasteiger partial charge in [0.15, 0.2) is 0 Å². The molecule has 0 radical (unpaired) electrons. The van der Waals surface area contributed by atoms with Crippen molar-refractivity contribution in [1.82, 2.24) is 9.38 Å². The minimum absolute atomic E-state index is 0.267. The van der Waals surface area contributed by atoms with E-state index >= 15 is 0 Å². The highest BCUT2D eigenvalue weighted by molar-refractivity contribution is 9.11. The van der Waals surface area contributed by atoms with Gasteiger partial charge < -0.3 is 4.40 Å². The van der Waals surface area contributed by atoms with Crippen LogP contribution in [0, 0.1) is 0 Å². The summed E-state index contributed by atoms with van der Waals surface area (Å²) in [7, 11) is -3.57. The Bertz CT molecular complexity index is 1120. The van der Waals surface area contributed by atoms with Gasteiger partial charge in [0, 0.05) is 23.6 Å². The summed E-state index contributed by atoms with van der Waals surface area (Å²) in [6.07, 6.45) is 3.88. The number of nitrogens with one attached hydrogen (secondary N) is 1. The zero-order valence-corrected chi connectivity index (χ0v) is 16.0. The van der Waals surface area contributed by atoms with Gasteiger partial charge in [0.1, 0.15) is 9.86 Å². The molecule has 0 fully saturated rings. The molecule has 0 saturated carbocycles. The van der Waals surface area contributed by atoms with E-state index < -0.39 is 10.0 Å². The zero-order valence-electron chi connectivity index (χ0n) is 12.8. The van der Waals surface area contributed by atoms with E-state index in [1.165, 1.54) is 11.3 Å². The number of halogens is 1. The maximum absolute atomic E-state index is 12.4. The SMILES string of the molecule is O=S(=O)(Nc1ccc(-c2cn3ccccc3n2)cc1)c1ccc(Br)s1. The van der Waals surface area contributed by atoms with Gasteiger partial charge in [-0.15, -0.1) is 11.3 Å². The van der Waals surface area contributed by atoms with Gasteiger partial charge in [0.2, 0.25) is 0 Å². The number of anilines is 1. The summed E-state index contributed by atoms with van der Waals surface area (Å²) in [5.74, 6) is 0. The number of sulfonamides is 1. The summed E-state index contributed by atoms with van der Waals surface area (Å²) in [5.41, 5.74) is 3.14. The van der Waals surface area contributed by atoms with Gasteiger partial charge in [-0.05, 0) is 52.3 Å². The van der Waals surface area contributed by atoms with E-state index in [0.717, 1.165) is 20.7 Å². The normalized spacial score (nSPS) is 11.7. The minimum atomic E-state index is -3.57. The first-order chi connectivity index (χ1) is 12.0. The molecular formula is C17H12BrN3O2S2. The van der Waals surface area contributed by atoms with E-state index in [9.17, 15) is 8.42 Å². The lowest BCUT2D eigenvalue weighted by atomic mass is 10.1. The van der Waals surface area contributed by atoms with E-state index in [1.54, 1.807) is 24.3 Å². The topological polar surface area (TPSA) is 63.5 Å². The monoisotopic (exact) mass is 433 g/mol. The van der Waals surface area contributed by atoms with Crippen LogP contribution < -0.4 is 4.72 Å². The molecule has 1 N–H and O–H groups in total. The first-order valence-corrected chi connectivity index (χ1v) is 10.4. The molecule has 126 valence electrons. The van der Waals surface area contributed by atoms with Gasteiger partial charge in [0.25, 0.3) is 10.0 Å². The maximum Gasteiger partial charge on any atom is 0.271 e. The number of benzene rings is 1. The fraction of sp³-hybridized carbons (Fsp3) is 0. The molecule has 0 aliphatic rings. The van der Waals surface area contributed by atoms with Crippen molar-refractivity contribution in [1.29, 1.82) is 0 Å². The minimum Gasteiger partial charge on any atom is -0.306 e. The second kappa shape index (κ2) is 6.29. The number of rotatable bonds is 4. The molecule has 0 amide bonds. The Balaban J connectivity index is 1.59. The summed E-state index contributed by atoms with van der Waals surface area (Å²) in [4.78, 5) is 4.56. The number of thiophene rings is 1. The molecule has 4 rings (SSSR count). The van der Waals surface area contributed by atoms with Crippen molar-refractivity contribution >= 4 is 48.6 Å². The highest BCUT2D eigenvalue weighted by atomic mass is 79.9. The van der Waals surface area contributed by atoms with Crippen LogP contribution in [-0.2, 0) is 10.0 Å². The third kappa shape index (κ3) is 3.33. The third-order valence-electron chi connectivity index (χ3n) is 3.61. The lowest BCUT2D eigenvalue weighted by molar-refractivity contribution is 0.603. The quantitative estimate of drug-likeness (QED) is 0.510. The van der Waals surface area contributed by atoms with Gasteiger partial charge in [0.05, 0.1) is 9.48 Å². The highest BCUT2D eigenvalue weighted by Gasteiger charge is 2.16. The summed E-state index contributed by atoms with van der Waals surface area (Å²) in [5, 5.41) is 0. The lowest BCUT2D eigenvalue weighted by Gasteiger charge is -2.06. The van der Waals surface area contributed by atoms with Crippen molar-refractivity contribution in [2.45, 2.75) is 4.21 Å². The van der Waals surface area contributed by atoms with Gasteiger partial charge in [-0.3, -0.25) is 4.72 Å². The Morgan fingerprint density at radius 1 is 1.04 bits per heavy atom. The molecule has 5 nitrogen and oxygen atoms in total. The molecule has 0 saturated heterocycles. The molecule has 8 heteroatoms. The smallest absolute Gasteiger partial charge is 0.271 e. The van der Waals surface area contributed by atoms with Gasteiger partial charge in [-0.1, -0.05) is 18.2 Å². The lowest BCUT2D eigenvalue weighted by Crippen LogP contribution is -2.11. The van der Waals surface area contributed by atoms with Crippen LogP contribution in [0.15, 0.2) is 75.0 Å². The van der Waals surface area contributed by atoms with E-state index in [1.807, 2.05) is 47.1 Å². The zero-order chi connectivity index (χ0) is 17.4. The third-order valence-corrected chi connectivity index (χ3v) is 7.11. The second-order valence-electron chi connectivity index (χ2n) is 5.33. The molecule has 0 unspecified atom stereocenters. The molecule has 25 heavy (non-hydrogen) atoms. The number of aromatic nitrogens is 2. The van der Waals surface area contributed by atoms with Crippen LogP contribution >= 0.6 is 27.3 Å². The van der Waals surface area contributed by atoms with Gasteiger partial charge >= 0.3 is 0 Å². The molecule has 0 atom stereocenters. The van der Waals surface area contributed by atoms with Crippen molar-refractivity contribution in [3.8, 4) is 11.3 Å². The average Bonchev–Trinajstić information content (AvgIpc) is 3.21. The number of hydrogen-bond acceptors (Lipinski definition) is 4. The predicted molar refractivity (Wildman–Crippen MR) is 103 cm³/mol. The van der Waals surface area contributed by atoms with Crippen LogP contribution in [0.3, 0.4) is 0 Å². The van der Waals surface area contributed by atoms with Crippen molar-refractivity contribution in [2.24, 2.45) is 0 Å². The molecule has 4 aromatic rings. The van der Waals surface area contributed by atoms with E-state index in [0.29, 0.717) is 5.69 Å². The van der Waals surface area contributed by atoms with E-state index in [-0.39, 0.29) is 4.21 Å².